The maximum Gasteiger partial charge on any atom is 0.178 e. The van der Waals surface area contributed by atoms with E-state index in [2.05, 4.69) is 37.1 Å². The van der Waals surface area contributed by atoms with Crippen LogP contribution >= 0.6 is 0 Å². The van der Waals surface area contributed by atoms with Crippen molar-refractivity contribution in [3.05, 3.63) is 40.8 Å². The molecule has 1 N–H and O–H groups in total. The van der Waals surface area contributed by atoms with E-state index in [0.717, 1.165) is 35.9 Å². The summed E-state index contributed by atoms with van der Waals surface area (Å²) in [6.07, 6.45) is 5.34. The number of nitrogens with zero attached hydrogens (tertiary/aromatic N) is 3. The first-order chi connectivity index (χ1) is 10.2. The lowest BCUT2D eigenvalue weighted by Crippen LogP contribution is -2.18. The Labute approximate surface area is 126 Å². The summed E-state index contributed by atoms with van der Waals surface area (Å²) < 4.78 is 0. The molecule has 0 amide bonds. The highest BCUT2D eigenvalue weighted by atomic mass is 15.0. The van der Waals surface area contributed by atoms with E-state index in [-0.39, 0.29) is 0 Å². The first-order valence-electron chi connectivity index (χ1n) is 7.70. The van der Waals surface area contributed by atoms with Gasteiger partial charge in [-0.2, -0.15) is 0 Å². The molecule has 0 saturated heterocycles. The van der Waals surface area contributed by atoms with E-state index in [9.17, 15) is 0 Å². The van der Waals surface area contributed by atoms with E-state index in [1.807, 2.05) is 12.3 Å². The molecule has 1 saturated carbocycles. The molecule has 1 aliphatic rings. The predicted octanol–water partition coefficient (Wildman–Crippen LogP) is 2.97. The van der Waals surface area contributed by atoms with Crippen LogP contribution in [-0.2, 0) is 13.0 Å². The molecule has 0 radical (unpaired) electrons. The minimum Gasteiger partial charge on any atom is -0.310 e. The molecule has 21 heavy (non-hydrogen) atoms. The van der Waals surface area contributed by atoms with Gasteiger partial charge in [-0.3, -0.25) is 4.98 Å². The van der Waals surface area contributed by atoms with Gasteiger partial charge in [-0.05, 0) is 44.7 Å². The van der Waals surface area contributed by atoms with Crippen LogP contribution in [0.15, 0.2) is 18.3 Å². The monoisotopic (exact) mass is 282 g/mol. The standard InChI is InChI=1S/C17H22N4/c1-4-13-6-5-9-18-16(13)17-20-11(2)15(12(3)21-17)10-19-14-7-8-14/h5-6,9,14,19H,4,7-8,10H2,1-3H3. The van der Waals surface area contributed by atoms with Crippen LogP contribution in [0.25, 0.3) is 11.5 Å². The van der Waals surface area contributed by atoms with Gasteiger partial charge in [-0.15, -0.1) is 0 Å². The van der Waals surface area contributed by atoms with Gasteiger partial charge >= 0.3 is 0 Å². The normalized spacial score (nSPS) is 14.4. The van der Waals surface area contributed by atoms with Crippen LogP contribution in [-0.4, -0.2) is 21.0 Å². The van der Waals surface area contributed by atoms with Crippen LogP contribution in [0, 0.1) is 13.8 Å². The Morgan fingerprint density at radius 1 is 1.19 bits per heavy atom. The van der Waals surface area contributed by atoms with Gasteiger partial charge in [0.1, 0.15) is 5.69 Å². The van der Waals surface area contributed by atoms with E-state index in [0.29, 0.717) is 6.04 Å². The third kappa shape index (κ3) is 3.10. The van der Waals surface area contributed by atoms with Crippen molar-refractivity contribution in [3.63, 3.8) is 0 Å². The van der Waals surface area contributed by atoms with Gasteiger partial charge in [-0.25, -0.2) is 9.97 Å². The van der Waals surface area contributed by atoms with Crippen LogP contribution in [0.5, 0.6) is 0 Å². The lowest BCUT2D eigenvalue weighted by Gasteiger charge is -2.12. The van der Waals surface area contributed by atoms with Crippen LogP contribution in [0.1, 0.15) is 42.3 Å². The molecule has 2 aromatic heterocycles. The zero-order valence-corrected chi connectivity index (χ0v) is 13.0. The van der Waals surface area contributed by atoms with Crippen LogP contribution in [0.2, 0.25) is 0 Å². The summed E-state index contributed by atoms with van der Waals surface area (Å²) in [4.78, 5) is 13.9. The summed E-state index contributed by atoms with van der Waals surface area (Å²) in [7, 11) is 0. The quantitative estimate of drug-likeness (QED) is 0.916. The molecule has 0 spiro atoms. The van der Waals surface area contributed by atoms with Crippen molar-refractivity contribution in [2.24, 2.45) is 0 Å². The molecule has 1 aliphatic carbocycles. The van der Waals surface area contributed by atoms with Crippen LogP contribution < -0.4 is 5.32 Å². The van der Waals surface area contributed by atoms with Crippen molar-refractivity contribution in [3.8, 4) is 11.5 Å². The second kappa shape index (κ2) is 5.90. The van der Waals surface area contributed by atoms with Crippen molar-refractivity contribution in [2.45, 2.75) is 52.6 Å². The molecule has 0 atom stereocenters. The maximum atomic E-state index is 4.70. The molecular formula is C17H22N4. The summed E-state index contributed by atoms with van der Waals surface area (Å²) in [5.41, 5.74) is 5.43. The van der Waals surface area contributed by atoms with Crippen molar-refractivity contribution in [1.82, 2.24) is 20.3 Å². The van der Waals surface area contributed by atoms with Gasteiger partial charge in [0, 0.05) is 35.7 Å². The smallest absolute Gasteiger partial charge is 0.178 e. The first kappa shape index (κ1) is 14.1. The van der Waals surface area contributed by atoms with Gasteiger partial charge in [0.25, 0.3) is 0 Å². The van der Waals surface area contributed by atoms with Crippen molar-refractivity contribution >= 4 is 0 Å². The zero-order chi connectivity index (χ0) is 14.8. The van der Waals surface area contributed by atoms with Crippen LogP contribution in [0.3, 0.4) is 0 Å². The molecule has 0 aliphatic heterocycles. The number of hydrogen-bond donors (Lipinski definition) is 1. The van der Waals surface area contributed by atoms with E-state index in [1.54, 1.807) is 0 Å². The number of rotatable bonds is 5. The first-order valence-corrected chi connectivity index (χ1v) is 7.70. The molecule has 110 valence electrons. The minimum absolute atomic E-state index is 0.700. The number of pyridine rings is 1. The third-order valence-corrected chi connectivity index (χ3v) is 4.05. The Hall–Kier alpha value is -1.81. The Morgan fingerprint density at radius 2 is 1.90 bits per heavy atom. The Bertz CT molecular complexity index is 624. The molecule has 0 aromatic carbocycles. The average molecular weight is 282 g/mol. The lowest BCUT2D eigenvalue weighted by molar-refractivity contribution is 0.675. The molecular weight excluding hydrogens is 260 g/mol. The maximum absolute atomic E-state index is 4.70. The highest BCUT2D eigenvalue weighted by Gasteiger charge is 2.21. The fourth-order valence-electron chi connectivity index (χ4n) is 2.56. The van der Waals surface area contributed by atoms with Gasteiger partial charge in [0.05, 0.1) is 0 Å². The fraction of sp³-hybridized carbons (Fsp3) is 0.471. The highest BCUT2D eigenvalue weighted by Crippen LogP contribution is 2.23. The SMILES string of the molecule is CCc1cccnc1-c1nc(C)c(CNC2CC2)c(C)n1. The third-order valence-electron chi connectivity index (χ3n) is 4.05. The summed E-state index contributed by atoms with van der Waals surface area (Å²) in [5, 5.41) is 3.54. The summed E-state index contributed by atoms with van der Waals surface area (Å²) >= 11 is 0. The second-order valence-corrected chi connectivity index (χ2v) is 5.72. The topological polar surface area (TPSA) is 50.7 Å². The van der Waals surface area contributed by atoms with Gasteiger partial charge < -0.3 is 5.32 Å². The Balaban J connectivity index is 1.93. The molecule has 2 aromatic rings. The van der Waals surface area contributed by atoms with Gasteiger partial charge in [0.2, 0.25) is 0 Å². The van der Waals surface area contributed by atoms with E-state index >= 15 is 0 Å². The molecule has 0 unspecified atom stereocenters. The molecule has 4 nitrogen and oxygen atoms in total. The summed E-state index contributed by atoms with van der Waals surface area (Å²) in [6.45, 7) is 7.13. The molecule has 3 rings (SSSR count). The number of aryl methyl sites for hydroxylation is 3. The van der Waals surface area contributed by atoms with Gasteiger partial charge in [-0.1, -0.05) is 13.0 Å². The van der Waals surface area contributed by atoms with E-state index in [4.69, 9.17) is 9.97 Å². The predicted molar refractivity (Wildman–Crippen MR) is 84.0 cm³/mol. The average Bonchev–Trinajstić information content (AvgIpc) is 3.30. The lowest BCUT2D eigenvalue weighted by atomic mass is 10.1. The largest absolute Gasteiger partial charge is 0.310 e. The zero-order valence-electron chi connectivity index (χ0n) is 13.0. The Morgan fingerprint density at radius 3 is 2.52 bits per heavy atom. The van der Waals surface area contributed by atoms with Gasteiger partial charge in [0.15, 0.2) is 5.82 Å². The number of hydrogen-bond acceptors (Lipinski definition) is 4. The molecule has 2 heterocycles. The van der Waals surface area contributed by atoms with Crippen LogP contribution in [0.4, 0.5) is 0 Å². The summed E-state index contributed by atoms with van der Waals surface area (Å²) in [5.74, 6) is 0.748. The number of nitrogens with one attached hydrogen (secondary N) is 1. The second-order valence-electron chi connectivity index (χ2n) is 5.72. The van der Waals surface area contributed by atoms with Crippen molar-refractivity contribution in [1.29, 1.82) is 0 Å². The van der Waals surface area contributed by atoms with Crippen molar-refractivity contribution < 1.29 is 0 Å². The number of aromatic nitrogens is 3. The minimum atomic E-state index is 0.700. The summed E-state index contributed by atoms with van der Waals surface area (Å²) in [6, 6.07) is 4.76. The van der Waals surface area contributed by atoms with Crippen molar-refractivity contribution in [2.75, 3.05) is 0 Å². The highest BCUT2D eigenvalue weighted by molar-refractivity contribution is 5.55. The molecule has 4 heteroatoms. The Kier molecular flexibility index (Phi) is 3.97. The van der Waals surface area contributed by atoms with E-state index in [1.165, 1.54) is 24.0 Å². The molecule has 0 bridgehead atoms. The molecule has 1 fully saturated rings. The van der Waals surface area contributed by atoms with E-state index < -0.39 is 0 Å². The fourth-order valence-corrected chi connectivity index (χ4v) is 2.56.